The fraction of sp³-hybridized carbons (Fsp3) is 0.647. The first kappa shape index (κ1) is 14.1. The second kappa shape index (κ2) is 5.47. The molecule has 0 spiro atoms. The Morgan fingerprint density at radius 3 is 2.65 bits per heavy atom. The Bertz CT molecular complexity index is 471. The minimum Gasteiger partial charge on any atom is -0.323 e. The number of likely N-dealkylation sites (N-methyl/N-ethyl adjacent to an activating group) is 1. The molecule has 1 aromatic rings. The number of aryl methyl sites for hydroxylation is 1. The van der Waals surface area contributed by atoms with Crippen LogP contribution in [0.2, 0.25) is 0 Å². The molecule has 1 saturated heterocycles. The van der Waals surface area contributed by atoms with Gasteiger partial charge in [0.1, 0.15) is 0 Å². The van der Waals surface area contributed by atoms with Crippen molar-refractivity contribution < 1.29 is 0 Å². The van der Waals surface area contributed by atoms with Crippen molar-refractivity contribution in [1.29, 1.82) is 0 Å². The van der Waals surface area contributed by atoms with Gasteiger partial charge in [0.05, 0.1) is 0 Å². The Labute approximate surface area is 122 Å². The smallest absolute Gasteiger partial charge is 0.0455 e. The number of likely N-dealkylation sites (tertiary alicyclic amines) is 1. The third-order valence-electron chi connectivity index (χ3n) is 5.27. The van der Waals surface area contributed by atoms with E-state index in [-0.39, 0.29) is 6.04 Å². The number of nitrogens with two attached hydrogens (primary N) is 1. The highest BCUT2D eigenvalue weighted by molar-refractivity contribution is 5.33. The molecule has 0 aromatic heterocycles. The van der Waals surface area contributed by atoms with Crippen LogP contribution in [0.5, 0.6) is 0 Å². The van der Waals surface area contributed by atoms with E-state index in [1.807, 2.05) is 0 Å². The quantitative estimate of drug-likeness (QED) is 0.893. The van der Waals surface area contributed by atoms with Crippen molar-refractivity contribution in [2.45, 2.75) is 37.9 Å². The van der Waals surface area contributed by atoms with E-state index in [0.717, 1.165) is 12.5 Å². The Morgan fingerprint density at radius 2 is 1.95 bits per heavy atom. The van der Waals surface area contributed by atoms with Crippen LogP contribution < -0.4 is 5.73 Å². The number of nitrogens with zero attached hydrogens (tertiary/aromatic N) is 2. The van der Waals surface area contributed by atoms with Crippen LogP contribution in [-0.4, -0.2) is 49.1 Å². The van der Waals surface area contributed by atoms with Gasteiger partial charge < -0.3 is 10.6 Å². The van der Waals surface area contributed by atoms with Gasteiger partial charge in [-0.2, -0.15) is 0 Å². The van der Waals surface area contributed by atoms with E-state index in [1.165, 1.54) is 30.5 Å². The highest BCUT2D eigenvalue weighted by atomic mass is 15.3. The third kappa shape index (κ3) is 2.39. The van der Waals surface area contributed by atoms with Gasteiger partial charge in [0.25, 0.3) is 0 Å². The molecule has 1 aliphatic carbocycles. The lowest BCUT2D eigenvalue weighted by Crippen LogP contribution is -2.45. The molecule has 2 aliphatic rings. The highest BCUT2D eigenvalue weighted by Gasteiger charge is 2.38. The van der Waals surface area contributed by atoms with Gasteiger partial charge >= 0.3 is 0 Å². The van der Waals surface area contributed by atoms with Crippen molar-refractivity contribution in [3.8, 4) is 0 Å². The zero-order valence-electron chi connectivity index (χ0n) is 12.9. The molecule has 4 atom stereocenters. The summed E-state index contributed by atoms with van der Waals surface area (Å²) in [6, 6.07) is 10.1. The van der Waals surface area contributed by atoms with Crippen molar-refractivity contribution in [2.75, 3.05) is 27.2 Å². The maximum Gasteiger partial charge on any atom is 0.0455 e. The zero-order chi connectivity index (χ0) is 14.3. The largest absolute Gasteiger partial charge is 0.323 e. The van der Waals surface area contributed by atoms with E-state index in [0.29, 0.717) is 12.1 Å². The minimum absolute atomic E-state index is 0.174. The van der Waals surface area contributed by atoms with Gasteiger partial charge in [0.2, 0.25) is 0 Å². The molecule has 1 aromatic carbocycles. The van der Waals surface area contributed by atoms with Crippen molar-refractivity contribution in [3.05, 3.63) is 35.4 Å². The van der Waals surface area contributed by atoms with Crippen LogP contribution in [0, 0.1) is 5.92 Å². The van der Waals surface area contributed by atoms with Crippen LogP contribution in [0.15, 0.2) is 24.3 Å². The van der Waals surface area contributed by atoms with Crippen molar-refractivity contribution in [3.63, 3.8) is 0 Å². The predicted molar refractivity (Wildman–Crippen MR) is 83.7 cm³/mol. The van der Waals surface area contributed by atoms with Crippen LogP contribution in [0.1, 0.15) is 30.5 Å². The molecule has 1 aliphatic heterocycles. The van der Waals surface area contributed by atoms with Crippen LogP contribution in [0.4, 0.5) is 0 Å². The molecule has 0 amide bonds. The second-order valence-electron chi connectivity index (χ2n) is 6.79. The Morgan fingerprint density at radius 1 is 1.20 bits per heavy atom. The van der Waals surface area contributed by atoms with Crippen molar-refractivity contribution in [2.24, 2.45) is 11.7 Å². The van der Waals surface area contributed by atoms with Gasteiger partial charge in [-0.05, 0) is 44.0 Å². The van der Waals surface area contributed by atoms with Gasteiger partial charge in [0, 0.05) is 31.2 Å². The third-order valence-corrected chi connectivity index (χ3v) is 5.27. The SMILES string of the molecule is CC1CN(C2CCc3ccccc3C2N)CC1N(C)C. The van der Waals surface area contributed by atoms with E-state index in [2.05, 4.69) is 55.1 Å². The summed E-state index contributed by atoms with van der Waals surface area (Å²) in [5.74, 6) is 0.731. The first-order valence-electron chi connectivity index (χ1n) is 7.81. The molecule has 0 radical (unpaired) electrons. The molecular weight excluding hydrogens is 246 g/mol. The fourth-order valence-electron chi connectivity index (χ4n) is 4.12. The number of fused-ring (bicyclic) bond motifs is 1. The molecule has 3 rings (SSSR count). The lowest BCUT2D eigenvalue weighted by Gasteiger charge is -2.37. The monoisotopic (exact) mass is 273 g/mol. The molecule has 4 unspecified atom stereocenters. The van der Waals surface area contributed by atoms with Gasteiger partial charge in [0.15, 0.2) is 0 Å². The zero-order valence-corrected chi connectivity index (χ0v) is 12.9. The molecular formula is C17H27N3. The van der Waals surface area contributed by atoms with E-state index in [1.54, 1.807) is 0 Å². The van der Waals surface area contributed by atoms with Gasteiger partial charge in [-0.25, -0.2) is 0 Å². The predicted octanol–water partition coefficient (Wildman–Crippen LogP) is 1.88. The summed E-state index contributed by atoms with van der Waals surface area (Å²) < 4.78 is 0. The number of rotatable bonds is 2. The number of hydrogen-bond donors (Lipinski definition) is 1. The normalized spacial score (nSPS) is 34.5. The molecule has 3 nitrogen and oxygen atoms in total. The van der Waals surface area contributed by atoms with E-state index >= 15 is 0 Å². The fourth-order valence-corrected chi connectivity index (χ4v) is 4.12. The van der Waals surface area contributed by atoms with Crippen molar-refractivity contribution >= 4 is 0 Å². The molecule has 0 bridgehead atoms. The average Bonchev–Trinajstić information content (AvgIpc) is 2.81. The maximum atomic E-state index is 6.58. The van der Waals surface area contributed by atoms with Crippen molar-refractivity contribution in [1.82, 2.24) is 9.80 Å². The second-order valence-corrected chi connectivity index (χ2v) is 6.79. The average molecular weight is 273 g/mol. The standard InChI is InChI=1S/C17H27N3/c1-12-10-20(11-16(12)19(2)3)15-9-8-13-6-4-5-7-14(13)17(15)18/h4-7,12,15-17H,8-11,18H2,1-3H3. The molecule has 1 fully saturated rings. The lowest BCUT2D eigenvalue weighted by atomic mass is 9.84. The first-order chi connectivity index (χ1) is 9.58. The summed E-state index contributed by atoms with van der Waals surface area (Å²) in [7, 11) is 4.39. The summed E-state index contributed by atoms with van der Waals surface area (Å²) in [6.45, 7) is 4.71. The Balaban J connectivity index is 1.77. The molecule has 0 saturated carbocycles. The van der Waals surface area contributed by atoms with Crippen LogP contribution >= 0.6 is 0 Å². The summed E-state index contributed by atoms with van der Waals surface area (Å²) in [6.07, 6.45) is 2.37. The van der Waals surface area contributed by atoms with Gasteiger partial charge in [-0.3, -0.25) is 4.90 Å². The van der Waals surface area contributed by atoms with Crippen LogP contribution in [0.25, 0.3) is 0 Å². The lowest BCUT2D eigenvalue weighted by molar-refractivity contribution is 0.175. The topological polar surface area (TPSA) is 32.5 Å². The molecule has 110 valence electrons. The molecule has 3 heteroatoms. The highest BCUT2D eigenvalue weighted by Crippen LogP contribution is 2.34. The summed E-state index contributed by atoms with van der Waals surface area (Å²) in [4.78, 5) is 5.00. The summed E-state index contributed by atoms with van der Waals surface area (Å²) in [5.41, 5.74) is 9.40. The van der Waals surface area contributed by atoms with E-state index < -0.39 is 0 Å². The number of hydrogen-bond acceptors (Lipinski definition) is 3. The van der Waals surface area contributed by atoms with Gasteiger partial charge in [-0.15, -0.1) is 0 Å². The minimum atomic E-state index is 0.174. The number of benzene rings is 1. The summed E-state index contributed by atoms with van der Waals surface area (Å²) in [5, 5.41) is 0. The van der Waals surface area contributed by atoms with E-state index in [9.17, 15) is 0 Å². The van der Waals surface area contributed by atoms with Gasteiger partial charge in [-0.1, -0.05) is 31.2 Å². The first-order valence-corrected chi connectivity index (χ1v) is 7.81. The Kier molecular flexibility index (Phi) is 3.85. The maximum absolute atomic E-state index is 6.58. The van der Waals surface area contributed by atoms with Crippen LogP contribution in [0.3, 0.4) is 0 Å². The summed E-state index contributed by atoms with van der Waals surface area (Å²) >= 11 is 0. The molecule has 1 heterocycles. The Hall–Kier alpha value is -0.900. The van der Waals surface area contributed by atoms with Crippen LogP contribution in [-0.2, 0) is 6.42 Å². The van der Waals surface area contributed by atoms with E-state index in [4.69, 9.17) is 5.73 Å². The molecule has 20 heavy (non-hydrogen) atoms. The molecule has 2 N–H and O–H groups in total.